The van der Waals surface area contributed by atoms with Crippen LogP contribution < -0.4 is 4.90 Å². The topological polar surface area (TPSA) is 49.8 Å². The molecular weight excluding hydrogens is 230 g/mol. The number of aromatic carboxylic acids is 1. The first-order valence-corrected chi connectivity index (χ1v) is 6.29. The predicted octanol–water partition coefficient (Wildman–Crippen LogP) is 2.25. The number of ether oxygens (including phenoxy) is 1. The highest BCUT2D eigenvalue weighted by Crippen LogP contribution is 2.28. The van der Waals surface area contributed by atoms with Crippen LogP contribution >= 0.6 is 0 Å². The van der Waals surface area contributed by atoms with Gasteiger partial charge in [0.1, 0.15) is 0 Å². The van der Waals surface area contributed by atoms with E-state index in [2.05, 4.69) is 4.90 Å². The number of carbonyl (C=O) groups is 1. The lowest BCUT2D eigenvalue weighted by Gasteiger charge is -2.19. The van der Waals surface area contributed by atoms with Crippen molar-refractivity contribution >= 4 is 11.7 Å². The Bertz CT molecular complexity index is 398. The summed E-state index contributed by atoms with van der Waals surface area (Å²) in [7, 11) is 1.98. The molecule has 0 bridgehead atoms. The Morgan fingerprint density at radius 2 is 2.06 bits per heavy atom. The minimum Gasteiger partial charge on any atom is -0.478 e. The lowest BCUT2D eigenvalue weighted by Crippen LogP contribution is -2.22. The fraction of sp³-hybridized carbons (Fsp3) is 0.500. The molecule has 98 valence electrons. The van der Waals surface area contributed by atoms with Gasteiger partial charge in [0.2, 0.25) is 0 Å². The van der Waals surface area contributed by atoms with Gasteiger partial charge in [-0.3, -0.25) is 0 Å². The van der Waals surface area contributed by atoms with Gasteiger partial charge in [-0.05, 0) is 43.0 Å². The third-order valence-electron chi connectivity index (χ3n) is 3.18. The SMILES string of the molecule is CN(CCOCC1CC1)c1ccc(C(=O)O)cc1. The molecule has 1 aliphatic carbocycles. The molecule has 1 aliphatic rings. The van der Waals surface area contributed by atoms with E-state index in [0.29, 0.717) is 12.2 Å². The van der Waals surface area contributed by atoms with Crippen LogP contribution in [0.15, 0.2) is 24.3 Å². The standard InChI is InChI=1S/C14H19NO3/c1-15(8-9-18-10-11-2-3-11)13-6-4-12(5-7-13)14(16)17/h4-7,11H,2-3,8-10H2,1H3,(H,16,17). The van der Waals surface area contributed by atoms with Gasteiger partial charge in [0.15, 0.2) is 0 Å². The summed E-state index contributed by atoms with van der Waals surface area (Å²) in [5.74, 6) is -0.0953. The van der Waals surface area contributed by atoms with Gasteiger partial charge in [0.05, 0.1) is 12.2 Å². The molecular formula is C14H19NO3. The Labute approximate surface area is 107 Å². The summed E-state index contributed by atoms with van der Waals surface area (Å²) in [6, 6.07) is 6.90. The predicted molar refractivity (Wildman–Crippen MR) is 70.2 cm³/mol. The van der Waals surface area contributed by atoms with E-state index >= 15 is 0 Å². The Kier molecular flexibility index (Phi) is 4.20. The van der Waals surface area contributed by atoms with E-state index in [-0.39, 0.29) is 0 Å². The maximum Gasteiger partial charge on any atom is 0.335 e. The number of likely N-dealkylation sites (N-methyl/N-ethyl adjacent to an activating group) is 1. The molecule has 1 N–H and O–H groups in total. The first-order valence-electron chi connectivity index (χ1n) is 6.29. The zero-order chi connectivity index (χ0) is 13.0. The van der Waals surface area contributed by atoms with Crippen molar-refractivity contribution in [3.05, 3.63) is 29.8 Å². The first-order chi connectivity index (χ1) is 8.66. The van der Waals surface area contributed by atoms with Gasteiger partial charge in [-0.1, -0.05) is 0 Å². The highest BCUT2D eigenvalue weighted by molar-refractivity contribution is 5.88. The zero-order valence-electron chi connectivity index (χ0n) is 10.6. The second-order valence-electron chi connectivity index (χ2n) is 4.79. The largest absolute Gasteiger partial charge is 0.478 e. The van der Waals surface area contributed by atoms with Crippen LogP contribution in [-0.2, 0) is 4.74 Å². The molecule has 1 fully saturated rings. The lowest BCUT2D eigenvalue weighted by atomic mass is 10.2. The van der Waals surface area contributed by atoms with E-state index in [1.165, 1.54) is 12.8 Å². The molecule has 0 radical (unpaired) electrons. The second-order valence-corrected chi connectivity index (χ2v) is 4.79. The Morgan fingerprint density at radius 1 is 1.39 bits per heavy atom. The van der Waals surface area contributed by atoms with Crippen LogP contribution in [0.5, 0.6) is 0 Å². The molecule has 0 atom stereocenters. The number of nitrogens with zero attached hydrogens (tertiary/aromatic N) is 1. The molecule has 0 amide bonds. The summed E-state index contributed by atoms with van der Waals surface area (Å²) in [5, 5.41) is 8.81. The molecule has 0 aliphatic heterocycles. The summed E-state index contributed by atoms with van der Waals surface area (Å²) in [6.07, 6.45) is 2.62. The summed E-state index contributed by atoms with van der Waals surface area (Å²) in [4.78, 5) is 12.8. The normalized spacial score (nSPS) is 14.5. The molecule has 0 aromatic heterocycles. The lowest BCUT2D eigenvalue weighted by molar-refractivity contribution is 0.0697. The number of rotatable bonds is 7. The average molecular weight is 249 g/mol. The van der Waals surface area contributed by atoms with Crippen LogP contribution in [-0.4, -0.2) is 37.9 Å². The van der Waals surface area contributed by atoms with E-state index in [0.717, 1.165) is 24.8 Å². The quantitative estimate of drug-likeness (QED) is 0.753. The van der Waals surface area contributed by atoms with Crippen LogP contribution in [0, 0.1) is 5.92 Å². The van der Waals surface area contributed by atoms with Crippen LogP contribution in [0.1, 0.15) is 23.2 Å². The molecule has 2 rings (SSSR count). The van der Waals surface area contributed by atoms with E-state index in [4.69, 9.17) is 9.84 Å². The minimum absolute atomic E-state index is 0.317. The highest BCUT2D eigenvalue weighted by Gasteiger charge is 2.20. The molecule has 0 unspecified atom stereocenters. The maximum atomic E-state index is 10.7. The van der Waals surface area contributed by atoms with Crippen molar-refractivity contribution in [3.8, 4) is 0 Å². The van der Waals surface area contributed by atoms with E-state index in [1.807, 2.05) is 19.2 Å². The van der Waals surface area contributed by atoms with Gasteiger partial charge in [-0.2, -0.15) is 0 Å². The van der Waals surface area contributed by atoms with Crippen molar-refractivity contribution in [1.29, 1.82) is 0 Å². The fourth-order valence-electron chi connectivity index (χ4n) is 1.72. The van der Waals surface area contributed by atoms with Crippen molar-refractivity contribution in [2.75, 3.05) is 31.7 Å². The van der Waals surface area contributed by atoms with Gasteiger partial charge in [-0.25, -0.2) is 4.79 Å². The van der Waals surface area contributed by atoms with Gasteiger partial charge < -0.3 is 14.7 Å². The zero-order valence-corrected chi connectivity index (χ0v) is 10.6. The Hall–Kier alpha value is -1.55. The first kappa shape index (κ1) is 12.9. The number of benzene rings is 1. The molecule has 0 saturated heterocycles. The summed E-state index contributed by atoms with van der Waals surface area (Å²) >= 11 is 0. The van der Waals surface area contributed by atoms with Crippen LogP contribution in [0.2, 0.25) is 0 Å². The number of carboxylic acid groups (broad SMARTS) is 1. The average Bonchev–Trinajstić information content (AvgIpc) is 3.18. The molecule has 4 nitrogen and oxygen atoms in total. The van der Waals surface area contributed by atoms with Crippen LogP contribution in [0.3, 0.4) is 0 Å². The fourth-order valence-corrected chi connectivity index (χ4v) is 1.72. The molecule has 1 aromatic carbocycles. The Balaban J connectivity index is 1.76. The number of hydrogen-bond acceptors (Lipinski definition) is 3. The number of carboxylic acids is 1. The van der Waals surface area contributed by atoms with Crippen molar-refractivity contribution in [2.45, 2.75) is 12.8 Å². The number of anilines is 1. The maximum absolute atomic E-state index is 10.7. The Morgan fingerprint density at radius 3 is 2.61 bits per heavy atom. The molecule has 0 spiro atoms. The van der Waals surface area contributed by atoms with E-state index < -0.39 is 5.97 Å². The van der Waals surface area contributed by atoms with Crippen LogP contribution in [0.25, 0.3) is 0 Å². The minimum atomic E-state index is -0.892. The molecule has 18 heavy (non-hydrogen) atoms. The van der Waals surface area contributed by atoms with Crippen LogP contribution in [0.4, 0.5) is 5.69 Å². The van der Waals surface area contributed by atoms with Crippen molar-refractivity contribution in [3.63, 3.8) is 0 Å². The van der Waals surface area contributed by atoms with Crippen molar-refractivity contribution in [1.82, 2.24) is 0 Å². The summed E-state index contributed by atoms with van der Waals surface area (Å²) in [6.45, 7) is 2.42. The molecule has 1 aromatic rings. The van der Waals surface area contributed by atoms with Gasteiger partial charge in [0.25, 0.3) is 0 Å². The van der Waals surface area contributed by atoms with Gasteiger partial charge in [0, 0.05) is 25.9 Å². The smallest absolute Gasteiger partial charge is 0.335 e. The summed E-state index contributed by atoms with van der Waals surface area (Å²) in [5.41, 5.74) is 1.33. The third kappa shape index (κ3) is 3.74. The van der Waals surface area contributed by atoms with Gasteiger partial charge in [-0.15, -0.1) is 0 Å². The monoisotopic (exact) mass is 249 g/mol. The molecule has 1 saturated carbocycles. The third-order valence-corrected chi connectivity index (χ3v) is 3.18. The van der Waals surface area contributed by atoms with E-state index in [1.54, 1.807) is 12.1 Å². The highest BCUT2D eigenvalue weighted by atomic mass is 16.5. The second kappa shape index (κ2) is 5.87. The molecule has 0 heterocycles. The van der Waals surface area contributed by atoms with Crippen molar-refractivity contribution < 1.29 is 14.6 Å². The van der Waals surface area contributed by atoms with Crippen molar-refractivity contribution in [2.24, 2.45) is 5.92 Å². The van der Waals surface area contributed by atoms with E-state index in [9.17, 15) is 4.79 Å². The molecule has 4 heteroatoms. The van der Waals surface area contributed by atoms with Gasteiger partial charge >= 0.3 is 5.97 Å². The number of hydrogen-bond donors (Lipinski definition) is 1. The summed E-state index contributed by atoms with van der Waals surface area (Å²) < 4.78 is 5.58.